The van der Waals surface area contributed by atoms with Gasteiger partial charge in [0, 0.05) is 0 Å². The van der Waals surface area contributed by atoms with Crippen molar-refractivity contribution in [3.63, 3.8) is 0 Å². The van der Waals surface area contributed by atoms with Crippen LogP contribution in [0.3, 0.4) is 0 Å². The van der Waals surface area contributed by atoms with Gasteiger partial charge in [-0.25, -0.2) is 10.9 Å². The van der Waals surface area contributed by atoms with Crippen molar-refractivity contribution < 1.29 is 4.79 Å². The third-order valence-corrected chi connectivity index (χ3v) is 1.20. The smallest absolute Gasteiger partial charge is 0.229 e. The normalized spacial score (nSPS) is 9.00. The molecule has 0 atom stereocenters. The van der Waals surface area contributed by atoms with E-state index >= 15 is 0 Å². The number of amides is 1. The van der Waals surface area contributed by atoms with Crippen molar-refractivity contribution in [2.75, 3.05) is 5.01 Å². The van der Waals surface area contributed by atoms with E-state index in [1.807, 2.05) is 0 Å². The van der Waals surface area contributed by atoms with Crippen LogP contribution in [0.1, 0.15) is 0 Å². The van der Waals surface area contributed by atoms with Gasteiger partial charge >= 0.3 is 0 Å². The molecule has 0 fully saturated rings. The Morgan fingerprint density at radius 3 is 3.11 bits per heavy atom. The van der Waals surface area contributed by atoms with Crippen molar-refractivity contribution >= 4 is 24.0 Å². The molecular weight excluding hydrogens is 140 g/mol. The van der Waals surface area contributed by atoms with Crippen molar-refractivity contribution in [1.82, 2.24) is 8.75 Å². The van der Waals surface area contributed by atoms with Gasteiger partial charge in [-0.2, -0.15) is 8.75 Å². The minimum Gasteiger partial charge on any atom is -0.277 e. The molecule has 1 rings (SSSR count). The van der Waals surface area contributed by atoms with Gasteiger partial charge < -0.3 is 0 Å². The molecule has 2 N–H and O–H groups in total. The van der Waals surface area contributed by atoms with E-state index < -0.39 is 0 Å². The molecule has 0 unspecified atom stereocenters. The standard InChI is InChI=1S/C3H4N4OS/c4-7(2-8)3-1-5-9-6-3/h1-2H,4H2. The molecule has 0 saturated carbocycles. The molecule has 0 saturated heterocycles. The molecule has 1 amide bonds. The summed E-state index contributed by atoms with van der Waals surface area (Å²) in [6.07, 6.45) is 1.88. The molecule has 5 nitrogen and oxygen atoms in total. The zero-order chi connectivity index (χ0) is 6.69. The first-order chi connectivity index (χ1) is 4.34. The lowest BCUT2D eigenvalue weighted by atomic mass is 10.7. The van der Waals surface area contributed by atoms with Crippen molar-refractivity contribution in [2.45, 2.75) is 0 Å². The van der Waals surface area contributed by atoms with E-state index in [1.54, 1.807) is 0 Å². The van der Waals surface area contributed by atoms with Crippen molar-refractivity contribution in [3.05, 3.63) is 6.20 Å². The van der Waals surface area contributed by atoms with Crippen LogP contribution in [-0.2, 0) is 4.79 Å². The molecule has 0 aliphatic heterocycles. The number of aromatic nitrogens is 2. The number of anilines is 1. The summed E-state index contributed by atoms with van der Waals surface area (Å²) in [6, 6.07) is 0. The maximum Gasteiger partial charge on any atom is 0.229 e. The number of nitrogens with zero attached hydrogens (tertiary/aromatic N) is 3. The number of carbonyl (C=O) groups excluding carboxylic acids is 1. The second-order valence-corrected chi connectivity index (χ2v) is 1.84. The van der Waals surface area contributed by atoms with E-state index in [4.69, 9.17) is 5.84 Å². The quantitative estimate of drug-likeness (QED) is 0.260. The Morgan fingerprint density at radius 2 is 2.67 bits per heavy atom. The maximum absolute atomic E-state index is 9.94. The molecule has 0 radical (unpaired) electrons. The summed E-state index contributed by atoms with van der Waals surface area (Å²) in [5.41, 5.74) is 0. The van der Waals surface area contributed by atoms with Crippen LogP contribution < -0.4 is 10.9 Å². The minimum atomic E-state index is 0.370. The molecule has 0 aromatic carbocycles. The highest BCUT2D eigenvalue weighted by Gasteiger charge is 1.99. The van der Waals surface area contributed by atoms with Crippen LogP contribution in [0, 0.1) is 0 Å². The molecule has 0 spiro atoms. The fraction of sp³-hybridized carbons (Fsp3) is 0. The molecule has 1 aromatic heterocycles. The average molecular weight is 144 g/mol. The Balaban J connectivity index is 2.76. The molecule has 1 aromatic rings. The Kier molecular flexibility index (Phi) is 1.71. The highest BCUT2D eigenvalue weighted by molar-refractivity contribution is 6.99. The van der Waals surface area contributed by atoms with Gasteiger partial charge in [-0.15, -0.1) is 0 Å². The van der Waals surface area contributed by atoms with Gasteiger partial charge in [-0.3, -0.25) is 4.79 Å². The van der Waals surface area contributed by atoms with E-state index in [2.05, 4.69) is 8.75 Å². The van der Waals surface area contributed by atoms with E-state index in [0.29, 0.717) is 12.2 Å². The molecule has 9 heavy (non-hydrogen) atoms. The van der Waals surface area contributed by atoms with Gasteiger partial charge in [-0.05, 0) is 0 Å². The SMILES string of the molecule is NN(C=O)c1cnsn1. The summed E-state index contributed by atoms with van der Waals surface area (Å²) >= 11 is 1.00. The predicted molar refractivity (Wildman–Crippen MR) is 32.6 cm³/mol. The van der Waals surface area contributed by atoms with Crippen LogP contribution in [0.2, 0.25) is 0 Å². The monoisotopic (exact) mass is 144 g/mol. The topological polar surface area (TPSA) is 72.1 Å². The van der Waals surface area contributed by atoms with Crippen LogP contribution in [0.4, 0.5) is 5.82 Å². The third kappa shape index (κ3) is 1.21. The van der Waals surface area contributed by atoms with Crippen LogP contribution in [-0.4, -0.2) is 15.2 Å². The first-order valence-electron chi connectivity index (χ1n) is 2.11. The highest BCUT2D eigenvalue weighted by Crippen LogP contribution is 2.02. The molecule has 48 valence electrons. The number of hydrogen-bond acceptors (Lipinski definition) is 5. The summed E-state index contributed by atoms with van der Waals surface area (Å²) in [7, 11) is 0. The second-order valence-electron chi connectivity index (χ2n) is 1.28. The number of carbonyl (C=O) groups is 1. The van der Waals surface area contributed by atoms with Crippen molar-refractivity contribution in [3.8, 4) is 0 Å². The lowest BCUT2D eigenvalue weighted by molar-refractivity contribution is -0.107. The van der Waals surface area contributed by atoms with Gasteiger partial charge in [0.1, 0.15) is 0 Å². The minimum absolute atomic E-state index is 0.370. The van der Waals surface area contributed by atoms with Crippen LogP contribution in [0.5, 0.6) is 0 Å². The summed E-state index contributed by atoms with van der Waals surface area (Å²) in [4.78, 5) is 9.94. The molecule has 1 heterocycles. The van der Waals surface area contributed by atoms with Crippen LogP contribution in [0.25, 0.3) is 0 Å². The third-order valence-electron chi connectivity index (χ3n) is 0.728. The molecule has 0 bridgehead atoms. The fourth-order valence-electron chi connectivity index (χ4n) is 0.327. The van der Waals surface area contributed by atoms with Crippen LogP contribution >= 0.6 is 11.7 Å². The van der Waals surface area contributed by atoms with E-state index in [1.165, 1.54) is 6.20 Å². The van der Waals surface area contributed by atoms with Gasteiger partial charge in [0.05, 0.1) is 17.9 Å². The van der Waals surface area contributed by atoms with Gasteiger partial charge in [0.2, 0.25) is 6.41 Å². The molecule has 0 aliphatic rings. The Morgan fingerprint density at radius 1 is 1.89 bits per heavy atom. The first-order valence-corrected chi connectivity index (χ1v) is 2.84. The Hall–Kier alpha value is -1.01. The first kappa shape index (κ1) is 6.12. The molecule has 0 aliphatic carbocycles. The van der Waals surface area contributed by atoms with E-state index in [0.717, 1.165) is 16.7 Å². The zero-order valence-electron chi connectivity index (χ0n) is 4.39. The number of nitrogens with two attached hydrogens (primary N) is 1. The van der Waals surface area contributed by atoms with Crippen molar-refractivity contribution in [2.24, 2.45) is 5.84 Å². The summed E-state index contributed by atoms with van der Waals surface area (Å²) in [5, 5.41) is 0.865. The Bertz CT molecular complexity index is 186. The molecular formula is C3H4N4OS. The second kappa shape index (κ2) is 2.51. The largest absolute Gasteiger partial charge is 0.277 e. The van der Waals surface area contributed by atoms with E-state index in [-0.39, 0.29) is 0 Å². The highest BCUT2D eigenvalue weighted by atomic mass is 32.1. The predicted octanol–water partition coefficient (Wildman–Crippen LogP) is -0.625. The van der Waals surface area contributed by atoms with Gasteiger partial charge in [0.15, 0.2) is 5.82 Å². The number of hydrazine groups is 1. The maximum atomic E-state index is 9.94. The lowest BCUT2D eigenvalue weighted by Gasteiger charge is -2.01. The van der Waals surface area contributed by atoms with E-state index in [9.17, 15) is 4.79 Å². The summed E-state index contributed by atoms with van der Waals surface area (Å²) < 4.78 is 7.33. The van der Waals surface area contributed by atoms with Crippen molar-refractivity contribution in [1.29, 1.82) is 0 Å². The van der Waals surface area contributed by atoms with Gasteiger partial charge in [0.25, 0.3) is 0 Å². The summed E-state index contributed by atoms with van der Waals surface area (Å²) in [6.45, 7) is 0. The lowest BCUT2D eigenvalue weighted by Crippen LogP contribution is -2.28. The summed E-state index contributed by atoms with van der Waals surface area (Å²) in [5.74, 6) is 5.48. The number of rotatable bonds is 2. The molecule has 6 heteroatoms. The number of hydrogen-bond donors (Lipinski definition) is 1. The van der Waals surface area contributed by atoms with Crippen LogP contribution in [0.15, 0.2) is 6.20 Å². The average Bonchev–Trinajstić information content (AvgIpc) is 2.37. The fourth-order valence-corrected chi connectivity index (χ4v) is 0.741. The van der Waals surface area contributed by atoms with Gasteiger partial charge in [-0.1, -0.05) is 0 Å². The Labute approximate surface area is 55.4 Å². The zero-order valence-corrected chi connectivity index (χ0v) is 5.21.